The van der Waals surface area contributed by atoms with Crippen molar-refractivity contribution in [3.63, 3.8) is 0 Å². The molecule has 1 rings (SSSR count). The third kappa shape index (κ3) is 3.94. The summed E-state index contributed by atoms with van der Waals surface area (Å²) < 4.78 is 43.6. The summed E-state index contributed by atoms with van der Waals surface area (Å²) in [6, 6.07) is 2.46. The minimum atomic E-state index is -4.69. The highest BCUT2D eigenvalue weighted by atomic mass is 19.4. The molecule has 0 saturated heterocycles. The van der Waals surface area contributed by atoms with Crippen molar-refractivity contribution < 1.29 is 27.5 Å². The zero-order valence-corrected chi connectivity index (χ0v) is 12.2. The molecule has 0 bridgehead atoms. The van der Waals surface area contributed by atoms with Crippen LogP contribution in [0.2, 0.25) is 0 Å². The lowest BCUT2D eigenvalue weighted by Crippen LogP contribution is -2.59. The summed E-state index contributed by atoms with van der Waals surface area (Å²) >= 11 is 0. The van der Waals surface area contributed by atoms with Gasteiger partial charge in [-0.25, -0.2) is 0 Å². The maximum absolute atomic E-state index is 13.0. The largest absolute Gasteiger partial charge is 0.413 e. The second kappa shape index (κ2) is 6.73. The quantitative estimate of drug-likeness (QED) is 0.853. The van der Waals surface area contributed by atoms with Gasteiger partial charge in [-0.3, -0.25) is 14.6 Å². The number of hydrogen-bond donors (Lipinski definition) is 2. The van der Waals surface area contributed by atoms with Crippen molar-refractivity contribution in [1.29, 1.82) is 0 Å². The Bertz CT molecular complexity index is 546. The second-order valence-corrected chi connectivity index (χ2v) is 4.73. The van der Waals surface area contributed by atoms with E-state index in [1.807, 2.05) is 5.32 Å². The molecule has 0 saturated carbocycles. The van der Waals surface area contributed by atoms with Crippen LogP contribution in [0.25, 0.3) is 0 Å². The van der Waals surface area contributed by atoms with Crippen molar-refractivity contribution in [1.82, 2.24) is 15.6 Å². The summed E-state index contributed by atoms with van der Waals surface area (Å²) in [6.07, 6.45) is -3.66. The molecular formula is C13H16F3N3O3. The van der Waals surface area contributed by atoms with Crippen molar-refractivity contribution in [3.05, 3.63) is 29.6 Å². The Kier molecular flexibility index (Phi) is 5.48. The Balaban J connectivity index is 2.94. The number of rotatable bonds is 5. The van der Waals surface area contributed by atoms with E-state index in [0.717, 1.165) is 20.2 Å². The van der Waals surface area contributed by atoms with Crippen LogP contribution in [0.3, 0.4) is 0 Å². The second-order valence-electron chi connectivity index (χ2n) is 4.73. The smallest absolute Gasteiger partial charge is 0.382 e. The maximum atomic E-state index is 13.0. The minimum absolute atomic E-state index is 0.0505. The molecule has 22 heavy (non-hydrogen) atoms. The third-order valence-electron chi connectivity index (χ3n) is 2.93. The first kappa shape index (κ1) is 17.9. The van der Waals surface area contributed by atoms with E-state index in [4.69, 9.17) is 0 Å². The summed E-state index contributed by atoms with van der Waals surface area (Å²) in [5.41, 5.74) is -2.58. The fourth-order valence-electron chi connectivity index (χ4n) is 1.59. The van der Waals surface area contributed by atoms with Gasteiger partial charge in [0.15, 0.2) is 5.54 Å². The van der Waals surface area contributed by atoms with Gasteiger partial charge in [-0.1, -0.05) is 0 Å². The Morgan fingerprint density at radius 3 is 2.32 bits per heavy atom. The lowest BCUT2D eigenvalue weighted by Gasteiger charge is -2.32. The van der Waals surface area contributed by atoms with Gasteiger partial charge in [0.2, 0.25) is 0 Å². The van der Waals surface area contributed by atoms with Crippen LogP contribution < -0.4 is 10.6 Å². The molecule has 1 aromatic heterocycles. The highest BCUT2D eigenvalue weighted by Crippen LogP contribution is 2.30. The molecule has 2 N–H and O–H groups in total. The van der Waals surface area contributed by atoms with E-state index in [2.05, 4.69) is 15.0 Å². The predicted octanol–water partition coefficient (Wildman–Crippen LogP) is 1.14. The number of carbonyl (C=O) groups is 2. The topological polar surface area (TPSA) is 80.3 Å². The van der Waals surface area contributed by atoms with Crippen LogP contribution >= 0.6 is 0 Å². The fraction of sp³-hybridized carbons (Fsp3) is 0.462. The molecule has 0 fully saturated rings. The van der Waals surface area contributed by atoms with Gasteiger partial charge in [-0.2, -0.15) is 13.2 Å². The van der Waals surface area contributed by atoms with Crippen LogP contribution in [0.5, 0.6) is 0 Å². The summed E-state index contributed by atoms with van der Waals surface area (Å²) in [4.78, 5) is 26.9. The standard InChI is InChI=1S/C13H16F3N3O3/c1-12(7-22-3,13(14,15)16)19-10(20)8-4-5-9(18-6-8)11(21)17-2/h4-6H,7H2,1-3H3,(H,17,21)(H,19,20)/t12-/m1/s1. The molecule has 0 aliphatic rings. The van der Waals surface area contributed by atoms with E-state index in [1.54, 1.807) is 0 Å². The molecule has 0 aromatic carbocycles. The first-order chi connectivity index (χ1) is 10.1. The van der Waals surface area contributed by atoms with E-state index >= 15 is 0 Å². The van der Waals surface area contributed by atoms with Crippen molar-refractivity contribution in [2.75, 3.05) is 20.8 Å². The lowest BCUT2D eigenvalue weighted by molar-refractivity contribution is -0.200. The number of carbonyl (C=O) groups excluding carboxylic acids is 2. The van der Waals surface area contributed by atoms with Crippen LogP contribution in [0, 0.1) is 0 Å². The number of alkyl halides is 3. The number of aromatic nitrogens is 1. The molecule has 0 unspecified atom stereocenters. The molecule has 1 atom stereocenters. The molecule has 1 heterocycles. The lowest BCUT2D eigenvalue weighted by atomic mass is 10.0. The average molecular weight is 319 g/mol. The summed E-state index contributed by atoms with van der Waals surface area (Å²) in [5, 5.41) is 4.22. The van der Waals surface area contributed by atoms with E-state index in [9.17, 15) is 22.8 Å². The molecule has 2 amide bonds. The van der Waals surface area contributed by atoms with E-state index in [0.29, 0.717) is 0 Å². The third-order valence-corrected chi connectivity index (χ3v) is 2.93. The van der Waals surface area contributed by atoms with Gasteiger partial charge < -0.3 is 15.4 Å². The molecule has 122 valence electrons. The number of nitrogens with one attached hydrogen (secondary N) is 2. The number of nitrogens with zero attached hydrogens (tertiary/aromatic N) is 1. The number of halogens is 3. The van der Waals surface area contributed by atoms with E-state index in [-0.39, 0.29) is 11.3 Å². The minimum Gasteiger partial charge on any atom is -0.382 e. The van der Waals surface area contributed by atoms with Gasteiger partial charge in [0.05, 0.1) is 12.2 Å². The molecule has 0 radical (unpaired) electrons. The molecule has 6 nitrogen and oxygen atoms in total. The molecule has 0 spiro atoms. The number of methoxy groups -OCH3 is 1. The average Bonchev–Trinajstić information content (AvgIpc) is 2.45. The van der Waals surface area contributed by atoms with Gasteiger partial charge in [-0.05, 0) is 19.1 Å². The van der Waals surface area contributed by atoms with Crippen molar-refractivity contribution in [2.24, 2.45) is 0 Å². The van der Waals surface area contributed by atoms with Gasteiger partial charge in [0.1, 0.15) is 5.69 Å². The van der Waals surface area contributed by atoms with Gasteiger partial charge >= 0.3 is 6.18 Å². The van der Waals surface area contributed by atoms with Crippen LogP contribution in [0.15, 0.2) is 18.3 Å². The van der Waals surface area contributed by atoms with E-state index in [1.165, 1.54) is 19.2 Å². The van der Waals surface area contributed by atoms with Gasteiger partial charge in [-0.15, -0.1) is 0 Å². The Morgan fingerprint density at radius 1 is 1.27 bits per heavy atom. The molecule has 0 aliphatic carbocycles. The Hall–Kier alpha value is -2.16. The highest BCUT2D eigenvalue weighted by molar-refractivity contribution is 5.96. The Morgan fingerprint density at radius 2 is 1.91 bits per heavy atom. The number of pyridine rings is 1. The van der Waals surface area contributed by atoms with Crippen molar-refractivity contribution in [2.45, 2.75) is 18.6 Å². The number of ether oxygens (including phenoxy) is 1. The zero-order valence-electron chi connectivity index (χ0n) is 12.2. The first-order valence-electron chi connectivity index (χ1n) is 6.21. The maximum Gasteiger partial charge on any atom is 0.413 e. The normalized spacial score (nSPS) is 14.1. The predicted molar refractivity (Wildman–Crippen MR) is 71.4 cm³/mol. The molecule has 1 aromatic rings. The highest BCUT2D eigenvalue weighted by Gasteiger charge is 2.52. The van der Waals surface area contributed by atoms with Gasteiger partial charge in [0.25, 0.3) is 11.8 Å². The van der Waals surface area contributed by atoms with Crippen molar-refractivity contribution in [3.8, 4) is 0 Å². The Labute approximate surface area is 125 Å². The van der Waals surface area contributed by atoms with E-state index < -0.39 is 30.1 Å². The number of hydrogen-bond acceptors (Lipinski definition) is 4. The summed E-state index contributed by atoms with van der Waals surface area (Å²) in [5.74, 6) is -1.43. The van der Waals surface area contributed by atoms with Gasteiger partial charge in [0, 0.05) is 20.4 Å². The van der Waals surface area contributed by atoms with Crippen LogP contribution in [0.1, 0.15) is 27.8 Å². The van der Waals surface area contributed by atoms with Crippen molar-refractivity contribution >= 4 is 11.8 Å². The van der Waals surface area contributed by atoms with Crippen LogP contribution in [-0.2, 0) is 4.74 Å². The molecular weight excluding hydrogens is 303 g/mol. The van der Waals surface area contributed by atoms with Crippen LogP contribution in [0.4, 0.5) is 13.2 Å². The summed E-state index contributed by atoms with van der Waals surface area (Å²) in [6.45, 7) is 0.0900. The fourth-order valence-corrected chi connectivity index (χ4v) is 1.59. The molecule has 9 heteroatoms. The first-order valence-corrected chi connectivity index (χ1v) is 6.21. The molecule has 0 aliphatic heterocycles. The SMILES string of the molecule is CNC(=O)c1ccc(C(=O)N[C@](C)(COC)C(F)(F)F)cn1. The number of amides is 2. The summed E-state index contributed by atoms with van der Waals surface area (Å²) in [7, 11) is 2.51. The zero-order chi connectivity index (χ0) is 17.0. The monoisotopic (exact) mass is 319 g/mol. The van der Waals surface area contributed by atoms with Crippen LogP contribution in [-0.4, -0.2) is 49.3 Å².